The van der Waals surface area contributed by atoms with E-state index in [0.29, 0.717) is 23.0 Å². The molecule has 30 heavy (non-hydrogen) atoms. The maximum Gasteiger partial charge on any atom is 0.261 e. The summed E-state index contributed by atoms with van der Waals surface area (Å²) in [4.78, 5) is 12.8. The van der Waals surface area contributed by atoms with Crippen LogP contribution in [0.2, 0.25) is 0 Å². The molecule has 5 heteroatoms. The van der Waals surface area contributed by atoms with Crippen molar-refractivity contribution in [3.63, 3.8) is 0 Å². The van der Waals surface area contributed by atoms with Crippen LogP contribution in [0.4, 0.5) is 0 Å². The van der Waals surface area contributed by atoms with Crippen molar-refractivity contribution >= 4 is 23.2 Å². The summed E-state index contributed by atoms with van der Waals surface area (Å²) < 4.78 is 5.89. The number of carbonyl (C=O) groups is 1. The molecule has 1 unspecified atom stereocenters. The predicted octanol–water partition coefficient (Wildman–Crippen LogP) is 5.06. The van der Waals surface area contributed by atoms with Crippen LogP contribution in [-0.4, -0.2) is 17.6 Å². The monoisotopic (exact) mass is 418 g/mol. The van der Waals surface area contributed by atoms with E-state index in [1.165, 1.54) is 5.56 Å². The third-order valence-corrected chi connectivity index (χ3v) is 4.99. The van der Waals surface area contributed by atoms with Gasteiger partial charge in [-0.25, -0.2) is 0 Å². The summed E-state index contributed by atoms with van der Waals surface area (Å²) in [5.74, 6) is 0.259. The molecule has 0 fully saturated rings. The maximum atomic E-state index is 12.8. The Bertz CT molecular complexity index is 961. The number of ether oxygens (including phenoxy) is 1. The van der Waals surface area contributed by atoms with E-state index >= 15 is 0 Å². The third-order valence-electron chi connectivity index (χ3n) is 4.77. The molecule has 0 aliphatic carbocycles. The second-order valence-corrected chi connectivity index (χ2v) is 7.29. The summed E-state index contributed by atoms with van der Waals surface area (Å²) >= 11 is 5.38. The highest BCUT2D eigenvalue weighted by atomic mass is 32.1. The van der Waals surface area contributed by atoms with Crippen LogP contribution in [0.15, 0.2) is 84.9 Å². The van der Waals surface area contributed by atoms with Crippen LogP contribution in [-0.2, 0) is 6.42 Å². The van der Waals surface area contributed by atoms with Crippen molar-refractivity contribution < 1.29 is 9.53 Å². The van der Waals surface area contributed by atoms with Gasteiger partial charge in [-0.2, -0.15) is 0 Å². The van der Waals surface area contributed by atoms with Crippen LogP contribution in [0, 0.1) is 0 Å². The number of hydrogen-bond donors (Lipinski definition) is 2. The highest BCUT2D eigenvalue weighted by Crippen LogP contribution is 2.19. The number of benzene rings is 3. The van der Waals surface area contributed by atoms with Gasteiger partial charge in [0.05, 0.1) is 18.2 Å². The first-order valence-corrected chi connectivity index (χ1v) is 10.5. The van der Waals surface area contributed by atoms with Crippen LogP contribution in [0.25, 0.3) is 0 Å². The topological polar surface area (TPSA) is 50.4 Å². The van der Waals surface area contributed by atoms with E-state index < -0.39 is 0 Å². The van der Waals surface area contributed by atoms with Gasteiger partial charge in [-0.3, -0.25) is 10.1 Å². The Morgan fingerprint density at radius 3 is 2.27 bits per heavy atom. The smallest absolute Gasteiger partial charge is 0.261 e. The maximum absolute atomic E-state index is 12.8. The van der Waals surface area contributed by atoms with E-state index in [4.69, 9.17) is 17.0 Å². The molecule has 0 aliphatic heterocycles. The molecule has 2 N–H and O–H groups in total. The van der Waals surface area contributed by atoms with Gasteiger partial charge in [0.25, 0.3) is 5.91 Å². The third kappa shape index (κ3) is 6.16. The molecule has 0 bridgehead atoms. The number of rotatable bonds is 8. The summed E-state index contributed by atoms with van der Waals surface area (Å²) in [5, 5.41) is 6.31. The molecule has 0 aliphatic rings. The zero-order valence-corrected chi connectivity index (χ0v) is 17.8. The molecule has 0 aromatic heterocycles. The molecule has 0 radical (unpaired) electrons. The lowest BCUT2D eigenvalue weighted by Crippen LogP contribution is -2.41. The van der Waals surface area contributed by atoms with Crippen LogP contribution in [0.1, 0.15) is 40.9 Å². The Labute approximate surface area is 183 Å². The van der Waals surface area contributed by atoms with E-state index in [2.05, 4.69) is 29.7 Å². The molecular formula is C25H26N2O2S. The minimum absolute atomic E-state index is 0.0383. The van der Waals surface area contributed by atoms with Gasteiger partial charge in [0.2, 0.25) is 0 Å². The van der Waals surface area contributed by atoms with Crippen LogP contribution < -0.4 is 15.4 Å². The SMILES string of the molecule is CCC(NC(=S)NC(=O)c1ccccc1OCCc1ccccc1)c1ccccc1. The Kier molecular flexibility index (Phi) is 7.98. The number of para-hydroxylation sites is 1. The molecule has 4 nitrogen and oxygen atoms in total. The van der Waals surface area contributed by atoms with Crippen molar-refractivity contribution in [1.82, 2.24) is 10.6 Å². The fourth-order valence-corrected chi connectivity index (χ4v) is 3.41. The van der Waals surface area contributed by atoms with Crippen molar-refractivity contribution in [3.05, 3.63) is 102 Å². The number of carbonyl (C=O) groups excluding carboxylic acids is 1. The lowest BCUT2D eigenvalue weighted by molar-refractivity contribution is 0.0972. The Morgan fingerprint density at radius 2 is 1.57 bits per heavy atom. The van der Waals surface area contributed by atoms with Gasteiger partial charge in [0, 0.05) is 6.42 Å². The van der Waals surface area contributed by atoms with E-state index in [0.717, 1.165) is 18.4 Å². The number of hydrogen-bond acceptors (Lipinski definition) is 3. The molecule has 1 amide bonds. The first-order chi connectivity index (χ1) is 14.7. The van der Waals surface area contributed by atoms with Gasteiger partial charge < -0.3 is 10.1 Å². The van der Waals surface area contributed by atoms with Crippen molar-refractivity contribution in [1.29, 1.82) is 0 Å². The highest BCUT2D eigenvalue weighted by molar-refractivity contribution is 7.80. The van der Waals surface area contributed by atoms with Gasteiger partial charge in [-0.1, -0.05) is 79.7 Å². The molecule has 3 rings (SSSR count). The van der Waals surface area contributed by atoms with Crippen molar-refractivity contribution in [2.75, 3.05) is 6.61 Å². The average molecular weight is 419 g/mol. The zero-order valence-electron chi connectivity index (χ0n) is 17.0. The number of amides is 1. The molecule has 0 spiro atoms. The first-order valence-electron chi connectivity index (χ1n) is 10.1. The Balaban J connectivity index is 1.59. The number of nitrogens with one attached hydrogen (secondary N) is 2. The second kappa shape index (κ2) is 11.1. The van der Waals surface area contributed by atoms with Crippen molar-refractivity contribution in [2.24, 2.45) is 0 Å². The molecular weight excluding hydrogens is 392 g/mol. The number of thiocarbonyl (C=S) groups is 1. The van der Waals surface area contributed by atoms with E-state index in [-0.39, 0.29) is 11.9 Å². The van der Waals surface area contributed by atoms with Crippen molar-refractivity contribution in [2.45, 2.75) is 25.8 Å². The molecule has 3 aromatic carbocycles. The van der Waals surface area contributed by atoms with E-state index in [9.17, 15) is 4.79 Å². The Morgan fingerprint density at radius 1 is 0.933 bits per heavy atom. The highest BCUT2D eigenvalue weighted by Gasteiger charge is 2.16. The standard InChI is InChI=1S/C25H26N2O2S/c1-2-22(20-13-7-4-8-14-20)26-25(30)27-24(28)21-15-9-10-16-23(21)29-18-17-19-11-5-3-6-12-19/h3-16,22H,2,17-18H2,1H3,(H2,26,27,28,30). The quantitative estimate of drug-likeness (QED) is 0.502. The van der Waals surface area contributed by atoms with Crippen LogP contribution in [0.3, 0.4) is 0 Å². The lowest BCUT2D eigenvalue weighted by atomic mass is 10.1. The fourth-order valence-electron chi connectivity index (χ4n) is 3.17. The molecule has 1 atom stereocenters. The zero-order chi connectivity index (χ0) is 21.2. The van der Waals surface area contributed by atoms with E-state index in [1.54, 1.807) is 12.1 Å². The summed E-state index contributed by atoms with van der Waals surface area (Å²) in [6.45, 7) is 2.56. The summed E-state index contributed by atoms with van der Waals surface area (Å²) in [6, 6.07) is 27.4. The fraction of sp³-hybridized carbons (Fsp3) is 0.200. The first kappa shape index (κ1) is 21.5. The van der Waals surface area contributed by atoms with Crippen LogP contribution >= 0.6 is 12.2 Å². The van der Waals surface area contributed by atoms with Gasteiger partial charge in [0.1, 0.15) is 5.75 Å². The van der Waals surface area contributed by atoms with Crippen LogP contribution in [0.5, 0.6) is 5.75 Å². The van der Waals surface area contributed by atoms with Gasteiger partial charge in [0.15, 0.2) is 5.11 Å². The molecule has 3 aromatic rings. The van der Waals surface area contributed by atoms with E-state index in [1.807, 2.05) is 60.7 Å². The summed E-state index contributed by atoms with van der Waals surface area (Å²) in [7, 11) is 0. The summed E-state index contributed by atoms with van der Waals surface area (Å²) in [5.41, 5.74) is 2.78. The minimum atomic E-state index is -0.286. The lowest BCUT2D eigenvalue weighted by Gasteiger charge is -2.20. The molecule has 0 saturated heterocycles. The van der Waals surface area contributed by atoms with Gasteiger partial charge in [-0.15, -0.1) is 0 Å². The second-order valence-electron chi connectivity index (χ2n) is 6.88. The Hall–Kier alpha value is -3.18. The largest absolute Gasteiger partial charge is 0.492 e. The molecule has 0 saturated carbocycles. The molecule has 154 valence electrons. The molecule has 0 heterocycles. The van der Waals surface area contributed by atoms with Crippen molar-refractivity contribution in [3.8, 4) is 5.75 Å². The van der Waals surface area contributed by atoms with Gasteiger partial charge >= 0.3 is 0 Å². The summed E-state index contributed by atoms with van der Waals surface area (Å²) in [6.07, 6.45) is 1.62. The normalized spacial score (nSPS) is 11.4. The predicted molar refractivity (Wildman–Crippen MR) is 125 cm³/mol. The average Bonchev–Trinajstić information content (AvgIpc) is 2.79. The minimum Gasteiger partial charge on any atom is -0.492 e. The van der Waals surface area contributed by atoms with Gasteiger partial charge in [-0.05, 0) is 41.9 Å².